The Morgan fingerprint density at radius 1 is 1.21 bits per heavy atom. The van der Waals surface area contributed by atoms with Crippen LogP contribution in [-0.2, 0) is 9.53 Å². The van der Waals surface area contributed by atoms with Crippen molar-refractivity contribution in [2.75, 3.05) is 66.1 Å². The van der Waals surface area contributed by atoms with Gasteiger partial charge in [0.2, 0.25) is 5.91 Å². The van der Waals surface area contributed by atoms with Crippen LogP contribution in [-0.4, -0.2) is 93.0 Å². The van der Waals surface area contributed by atoms with Gasteiger partial charge in [-0.05, 0) is 19.1 Å². The molecule has 1 aliphatic heterocycles. The fraction of sp³-hybridized carbons (Fsp3) is 0.619. The van der Waals surface area contributed by atoms with E-state index in [1.54, 1.807) is 7.11 Å². The van der Waals surface area contributed by atoms with E-state index >= 15 is 0 Å². The Morgan fingerprint density at radius 3 is 2.59 bits per heavy atom. The zero-order chi connectivity index (χ0) is 20.9. The highest BCUT2D eigenvalue weighted by molar-refractivity contribution is 8.00. The summed E-state index contributed by atoms with van der Waals surface area (Å²) in [6.07, 6.45) is 0. The number of hydrogen-bond donors (Lipinski definition) is 2. The fourth-order valence-corrected chi connectivity index (χ4v) is 4.01. The second-order valence-electron chi connectivity index (χ2n) is 7.04. The summed E-state index contributed by atoms with van der Waals surface area (Å²) in [5.74, 6) is 1.03. The second-order valence-corrected chi connectivity index (χ2v) is 8.55. The first-order chi connectivity index (χ1) is 14.1. The number of rotatable bonds is 10. The number of piperazine rings is 1. The predicted octanol–water partition coefficient (Wildman–Crippen LogP) is 1.51. The van der Waals surface area contributed by atoms with Gasteiger partial charge in [-0.1, -0.05) is 25.1 Å². The van der Waals surface area contributed by atoms with E-state index in [1.165, 1.54) is 4.90 Å². The summed E-state index contributed by atoms with van der Waals surface area (Å²) < 4.78 is 4.96. The van der Waals surface area contributed by atoms with Crippen molar-refractivity contribution in [2.24, 2.45) is 4.99 Å². The Kier molecular flexibility index (Phi) is 10.9. The average Bonchev–Trinajstić information content (AvgIpc) is 2.73. The van der Waals surface area contributed by atoms with Crippen molar-refractivity contribution in [3.05, 3.63) is 30.3 Å². The van der Waals surface area contributed by atoms with Gasteiger partial charge >= 0.3 is 0 Å². The number of ether oxygens (including phenoxy) is 1. The third-order valence-electron chi connectivity index (χ3n) is 4.58. The predicted molar refractivity (Wildman–Crippen MR) is 121 cm³/mol. The van der Waals surface area contributed by atoms with Gasteiger partial charge in [-0.15, -0.1) is 11.8 Å². The second kappa shape index (κ2) is 13.5. The van der Waals surface area contributed by atoms with Crippen molar-refractivity contribution in [1.29, 1.82) is 0 Å². The molecule has 1 unspecified atom stereocenters. The van der Waals surface area contributed by atoms with Crippen molar-refractivity contribution in [2.45, 2.75) is 24.0 Å². The molecule has 1 aromatic carbocycles. The standard InChI is InChI=1S/C21H35N5O2S/c1-4-22-21(24-16-18(2)29-19-8-6-5-7-9-19)26-13-11-25(12-14-26)17-20(27)23-10-15-28-3/h5-9,18H,4,10-17H2,1-3H3,(H,22,24)(H,23,27). The number of aliphatic imine (C=N–C) groups is 1. The first-order valence-electron chi connectivity index (χ1n) is 10.3. The number of amides is 1. The van der Waals surface area contributed by atoms with Crippen LogP contribution in [0.1, 0.15) is 13.8 Å². The third-order valence-corrected chi connectivity index (χ3v) is 5.68. The van der Waals surface area contributed by atoms with Gasteiger partial charge in [-0.2, -0.15) is 0 Å². The van der Waals surface area contributed by atoms with Crippen LogP contribution in [0.25, 0.3) is 0 Å². The number of nitrogens with one attached hydrogen (secondary N) is 2. The Morgan fingerprint density at radius 2 is 1.93 bits per heavy atom. The highest BCUT2D eigenvalue weighted by Crippen LogP contribution is 2.22. The van der Waals surface area contributed by atoms with E-state index in [0.717, 1.165) is 45.2 Å². The smallest absolute Gasteiger partial charge is 0.234 e. The zero-order valence-corrected chi connectivity index (χ0v) is 18.7. The average molecular weight is 422 g/mol. The van der Waals surface area contributed by atoms with Crippen LogP contribution < -0.4 is 10.6 Å². The molecule has 0 saturated carbocycles. The van der Waals surface area contributed by atoms with E-state index in [-0.39, 0.29) is 5.91 Å². The molecule has 1 aliphatic rings. The van der Waals surface area contributed by atoms with Crippen LogP contribution in [0.4, 0.5) is 0 Å². The van der Waals surface area contributed by atoms with Crippen molar-refractivity contribution in [1.82, 2.24) is 20.4 Å². The number of hydrogen-bond acceptors (Lipinski definition) is 5. The molecule has 0 bridgehead atoms. The number of nitrogens with zero attached hydrogens (tertiary/aromatic N) is 3. The molecule has 8 heteroatoms. The number of guanidine groups is 1. The Hall–Kier alpha value is -1.77. The molecule has 1 amide bonds. The molecule has 1 atom stereocenters. The molecule has 1 aromatic rings. The van der Waals surface area contributed by atoms with E-state index in [9.17, 15) is 4.79 Å². The molecule has 0 radical (unpaired) electrons. The van der Waals surface area contributed by atoms with Gasteiger partial charge in [0.25, 0.3) is 0 Å². The number of thioether (sulfide) groups is 1. The number of benzene rings is 1. The summed E-state index contributed by atoms with van der Waals surface area (Å²) in [6, 6.07) is 10.5. The van der Waals surface area contributed by atoms with Gasteiger partial charge in [-0.25, -0.2) is 0 Å². The summed E-state index contributed by atoms with van der Waals surface area (Å²) in [7, 11) is 1.63. The minimum Gasteiger partial charge on any atom is -0.383 e. The molecule has 2 N–H and O–H groups in total. The number of methoxy groups -OCH3 is 1. The van der Waals surface area contributed by atoms with Crippen LogP contribution in [0.15, 0.2) is 40.2 Å². The molecule has 7 nitrogen and oxygen atoms in total. The van der Waals surface area contributed by atoms with Crippen molar-refractivity contribution in [3.8, 4) is 0 Å². The van der Waals surface area contributed by atoms with Crippen LogP contribution in [0.5, 0.6) is 0 Å². The molecule has 0 spiro atoms. The lowest BCUT2D eigenvalue weighted by atomic mass is 10.3. The van der Waals surface area contributed by atoms with Crippen LogP contribution >= 0.6 is 11.8 Å². The molecular formula is C21H35N5O2S. The van der Waals surface area contributed by atoms with E-state index in [0.29, 0.717) is 24.9 Å². The highest BCUT2D eigenvalue weighted by Gasteiger charge is 2.21. The summed E-state index contributed by atoms with van der Waals surface area (Å²) in [6.45, 7) is 10.9. The summed E-state index contributed by atoms with van der Waals surface area (Å²) in [5.41, 5.74) is 0. The minimum absolute atomic E-state index is 0.0582. The maximum absolute atomic E-state index is 12.0. The summed E-state index contributed by atoms with van der Waals surface area (Å²) in [5, 5.41) is 6.70. The molecular weight excluding hydrogens is 386 g/mol. The monoisotopic (exact) mass is 421 g/mol. The Bertz CT molecular complexity index is 621. The van der Waals surface area contributed by atoms with Crippen LogP contribution in [0.3, 0.4) is 0 Å². The lowest BCUT2D eigenvalue weighted by molar-refractivity contribution is -0.122. The normalized spacial score (nSPS) is 16.5. The van der Waals surface area contributed by atoms with Gasteiger partial charge in [-0.3, -0.25) is 14.7 Å². The van der Waals surface area contributed by atoms with Gasteiger partial charge in [0, 0.05) is 56.5 Å². The number of carbonyl (C=O) groups is 1. The number of carbonyl (C=O) groups excluding carboxylic acids is 1. The van der Waals surface area contributed by atoms with Crippen molar-refractivity contribution >= 4 is 23.6 Å². The van der Waals surface area contributed by atoms with Crippen molar-refractivity contribution in [3.63, 3.8) is 0 Å². The molecule has 1 saturated heterocycles. The highest BCUT2D eigenvalue weighted by atomic mass is 32.2. The molecule has 29 heavy (non-hydrogen) atoms. The lowest BCUT2D eigenvalue weighted by Crippen LogP contribution is -2.54. The first-order valence-corrected chi connectivity index (χ1v) is 11.2. The lowest BCUT2D eigenvalue weighted by Gasteiger charge is -2.36. The maximum Gasteiger partial charge on any atom is 0.234 e. The molecule has 0 aliphatic carbocycles. The van der Waals surface area contributed by atoms with Gasteiger partial charge in [0.1, 0.15) is 0 Å². The SMILES string of the molecule is CCNC(=NCC(C)Sc1ccccc1)N1CCN(CC(=O)NCCOC)CC1. The Balaban J connectivity index is 1.78. The molecule has 1 fully saturated rings. The summed E-state index contributed by atoms with van der Waals surface area (Å²) >= 11 is 1.85. The Labute approximate surface area is 179 Å². The minimum atomic E-state index is 0.0582. The maximum atomic E-state index is 12.0. The topological polar surface area (TPSA) is 69.2 Å². The third kappa shape index (κ3) is 9.06. The van der Waals surface area contributed by atoms with E-state index in [4.69, 9.17) is 9.73 Å². The quantitative estimate of drug-likeness (QED) is 0.258. The zero-order valence-electron chi connectivity index (χ0n) is 17.9. The van der Waals surface area contributed by atoms with Gasteiger partial charge in [0.05, 0.1) is 19.7 Å². The van der Waals surface area contributed by atoms with Crippen LogP contribution in [0.2, 0.25) is 0 Å². The van der Waals surface area contributed by atoms with Gasteiger partial charge < -0.3 is 20.3 Å². The van der Waals surface area contributed by atoms with Crippen molar-refractivity contribution < 1.29 is 9.53 Å². The molecule has 1 heterocycles. The van der Waals surface area contributed by atoms with Crippen LogP contribution in [0, 0.1) is 0 Å². The largest absolute Gasteiger partial charge is 0.383 e. The first kappa shape index (κ1) is 23.5. The fourth-order valence-electron chi connectivity index (χ4n) is 3.08. The molecule has 162 valence electrons. The van der Waals surface area contributed by atoms with E-state index in [1.807, 2.05) is 17.8 Å². The summed E-state index contributed by atoms with van der Waals surface area (Å²) in [4.78, 5) is 22.6. The van der Waals surface area contributed by atoms with Gasteiger partial charge in [0.15, 0.2) is 5.96 Å². The molecule has 2 rings (SSSR count). The van der Waals surface area contributed by atoms with E-state index < -0.39 is 0 Å². The van der Waals surface area contributed by atoms with E-state index in [2.05, 4.69) is 58.5 Å². The molecule has 0 aromatic heterocycles.